The third-order valence-electron chi connectivity index (χ3n) is 2.68. The van der Waals surface area contributed by atoms with Crippen LogP contribution in [0.3, 0.4) is 0 Å². The molecule has 0 aliphatic carbocycles. The fraction of sp³-hybridized carbons (Fsp3) is 0.154. The lowest BCUT2D eigenvalue weighted by Gasteiger charge is -2.19. The summed E-state index contributed by atoms with van der Waals surface area (Å²) in [6.07, 6.45) is 2.88. The Bertz CT molecular complexity index is 808. The fourth-order valence-corrected chi connectivity index (χ4v) is 1.95. The van der Waals surface area contributed by atoms with E-state index in [2.05, 4.69) is 14.3 Å². The van der Waals surface area contributed by atoms with Crippen molar-refractivity contribution in [1.82, 2.24) is 9.97 Å². The molecule has 0 unspecified atom stereocenters. The Morgan fingerprint density at radius 3 is 2.61 bits per heavy atom. The van der Waals surface area contributed by atoms with Gasteiger partial charge < -0.3 is 9.47 Å². The molecular weight excluding hydrogens is 324 g/mol. The highest BCUT2D eigenvalue weighted by atomic mass is 32.2. The molecule has 0 spiro atoms. The van der Waals surface area contributed by atoms with E-state index in [1.165, 1.54) is 38.7 Å². The van der Waals surface area contributed by atoms with E-state index < -0.39 is 16.5 Å². The van der Waals surface area contributed by atoms with E-state index in [-0.39, 0.29) is 17.4 Å². The summed E-state index contributed by atoms with van der Waals surface area (Å²) in [5.74, 6) is 0.634. The number of anilines is 2. The van der Waals surface area contributed by atoms with Crippen molar-refractivity contribution in [2.45, 2.75) is 0 Å². The average molecular weight is 336 g/mol. The minimum absolute atomic E-state index is 0.0772. The molecule has 0 saturated carbocycles. The predicted molar refractivity (Wildman–Crippen MR) is 80.5 cm³/mol. The number of pyridine rings is 2. The number of carbonyl (C=O) groups excluding carboxylic acids is 1. The van der Waals surface area contributed by atoms with Gasteiger partial charge in [0.25, 0.3) is 0 Å². The Morgan fingerprint density at radius 2 is 2.04 bits per heavy atom. The molecule has 0 aliphatic heterocycles. The van der Waals surface area contributed by atoms with E-state index in [1.54, 1.807) is 12.1 Å². The SMILES string of the molecule is COc1cc(OC)nc(N(C(=O)N=S(=O)=O)c2cccnc2)c1. The number of nitrogens with zero attached hydrogens (tertiary/aromatic N) is 4. The molecule has 120 valence electrons. The molecule has 10 heteroatoms. The van der Waals surface area contributed by atoms with Crippen LogP contribution >= 0.6 is 0 Å². The fourth-order valence-electron chi connectivity index (χ4n) is 1.74. The monoisotopic (exact) mass is 336 g/mol. The van der Waals surface area contributed by atoms with Crippen molar-refractivity contribution in [2.24, 2.45) is 4.36 Å². The minimum atomic E-state index is -2.90. The van der Waals surface area contributed by atoms with Gasteiger partial charge in [-0.25, -0.2) is 9.69 Å². The van der Waals surface area contributed by atoms with Crippen LogP contribution in [0.1, 0.15) is 0 Å². The van der Waals surface area contributed by atoms with Crippen LogP contribution in [0, 0.1) is 0 Å². The van der Waals surface area contributed by atoms with Gasteiger partial charge in [0.15, 0.2) is 0 Å². The number of hydrogen-bond acceptors (Lipinski definition) is 7. The molecule has 0 bridgehead atoms. The number of methoxy groups -OCH3 is 2. The summed E-state index contributed by atoms with van der Waals surface area (Å²) in [7, 11) is -0.0669. The third kappa shape index (κ3) is 4.01. The molecule has 2 heterocycles. The molecule has 23 heavy (non-hydrogen) atoms. The number of amides is 2. The summed E-state index contributed by atoms with van der Waals surface area (Å²) in [6.45, 7) is 0. The Morgan fingerprint density at radius 1 is 1.26 bits per heavy atom. The van der Waals surface area contributed by atoms with Crippen molar-refractivity contribution < 1.29 is 22.7 Å². The molecular formula is C13H12N4O5S. The third-order valence-corrected chi connectivity index (χ3v) is 2.99. The van der Waals surface area contributed by atoms with Gasteiger partial charge in [-0.2, -0.15) is 13.4 Å². The van der Waals surface area contributed by atoms with Gasteiger partial charge in [-0.3, -0.25) is 4.98 Å². The van der Waals surface area contributed by atoms with Gasteiger partial charge in [0.1, 0.15) is 11.6 Å². The van der Waals surface area contributed by atoms with Gasteiger partial charge in [0, 0.05) is 18.3 Å². The molecule has 0 saturated heterocycles. The molecule has 2 rings (SSSR count). The predicted octanol–water partition coefficient (Wildman–Crippen LogP) is 1.81. The van der Waals surface area contributed by atoms with Crippen molar-refractivity contribution >= 4 is 28.0 Å². The zero-order valence-corrected chi connectivity index (χ0v) is 13.0. The van der Waals surface area contributed by atoms with E-state index in [0.717, 1.165) is 4.90 Å². The normalized spacial score (nSPS) is 9.83. The highest BCUT2D eigenvalue weighted by Gasteiger charge is 2.21. The van der Waals surface area contributed by atoms with E-state index in [0.29, 0.717) is 5.75 Å². The highest BCUT2D eigenvalue weighted by molar-refractivity contribution is 7.62. The van der Waals surface area contributed by atoms with Crippen molar-refractivity contribution in [3.63, 3.8) is 0 Å². The Hall–Kier alpha value is -3.01. The largest absolute Gasteiger partial charge is 0.496 e. The van der Waals surface area contributed by atoms with Crippen LogP contribution in [0.5, 0.6) is 11.6 Å². The van der Waals surface area contributed by atoms with Crippen LogP contribution in [0.15, 0.2) is 41.0 Å². The van der Waals surface area contributed by atoms with Gasteiger partial charge in [0.05, 0.1) is 26.1 Å². The van der Waals surface area contributed by atoms with Crippen molar-refractivity contribution in [3.05, 3.63) is 36.7 Å². The summed E-state index contributed by atoms with van der Waals surface area (Å²) < 4.78 is 34.6. The quantitative estimate of drug-likeness (QED) is 0.837. The summed E-state index contributed by atoms with van der Waals surface area (Å²) in [4.78, 5) is 21.2. The van der Waals surface area contributed by atoms with Gasteiger partial charge in [-0.05, 0) is 12.1 Å². The maximum atomic E-state index is 12.2. The minimum Gasteiger partial charge on any atom is -0.496 e. The van der Waals surface area contributed by atoms with Crippen molar-refractivity contribution in [2.75, 3.05) is 19.1 Å². The van der Waals surface area contributed by atoms with Gasteiger partial charge >= 0.3 is 16.5 Å². The zero-order chi connectivity index (χ0) is 16.8. The highest BCUT2D eigenvalue weighted by Crippen LogP contribution is 2.29. The van der Waals surface area contributed by atoms with Crippen LogP contribution < -0.4 is 14.4 Å². The second-order valence-corrected chi connectivity index (χ2v) is 4.66. The second kappa shape index (κ2) is 7.31. The Kier molecular flexibility index (Phi) is 5.20. The molecule has 0 atom stereocenters. The Balaban J connectivity index is 2.62. The summed E-state index contributed by atoms with van der Waals surface area (Å²) in [5, 5.41) is 0. The van der Waals surface area contributed by atoms with E-state index in [1.807, 2.05) is 0 Å². The van der Waals surface area contributed by atoms with Crippen LogP contribution in [-0.4, -0.2) is 38.6 Å². The topological polar surface area (TPSA) is 111 Å². The maximum Gasteiger partial charge on any atom is 0.368 e. The number of rotatable bonds is 4. The summed E-state index contributed by atoms with van der Waals surface area (Å²) in [5.41, 5.74) is 0.287. The molecule has 2 aromatic rings. The molecule has 0 radical (unpaired) electrons. The first kappa shape index (κ1) is 16.4. The number of ether oxygens (including phenoxy) is 2. The molecule has 0 aromatic carbocycles. The number of carbonyl (C=O) groups is 1. The lowest BCUT2D eigenvalue weighted by Crippen LogP contribution is -2.23. The average Bonchev–Trinajstić information content (AvgIpc) is 2.55. The van der Waals surface area contributed by atoms with Gasteiger partial charge in [-0.15, -0.1) is 0 Å². The Labute approximate surface area is 133 Å². The number of hydrogen-bond donors (Lipinski definition) is 0. The molecule has 2 aromatic heterocycles. The van der Waals surface area contributed by atoms with E-state index in [4.69, 9.17) is 9.47 Å². The lowest BCUT2D eigenvalue weighted by molar-refractivity contribution is 0.256. The van der Waals surface area contributed by atoms with Crippen molar-refractivity contribution in [1.29, 1.82) is 0 Å². The molecule has 0 aliphatic rings. The van der Waals surface area contributed by atoms with Gasteiger partial charge in [0.2, 0.25) is 5.88 Å². The van der Waals surface area contributed by atoms with E-state index >= 15 is 0 Å². The maximum absolute atomic E-state index is 12.2. The van der Waals surface area contributed by atoms with Gasteiger partial charge in [-0.1, -0.05) is 4.36 Å². The number of aromatic nitrogens is 2. The first-order valence-corrected chi connectivity index (χ1v) is 7.23. The van der Waals surface area contributed by atoms with Crippen molar-refractivity contribution in [3.8, 4) is 11.6 Å². The lowest BCUT2D eigenvalue weighted by atomic mass is 10.3. The van der Waals surface area contributed by atoms with Crippen LogP contribution in [0.25, 0.3) is 0 Å². The first-order chi connectivity index (χ1) is 11.0. The second-order valence-electron chi connectivity index (χ2n) is 4.05. The number of urea groups is 1. The zero-order valence-electron chi connectivity index (χ0n) is 12.2. The molecule has 0 fully saturated rings. The summed E-state index contributed by atoms with van der Waals surface area (Å²) >= 11 is 0. The molecule has 9 nitrogen and oxygen atoms in total. The summed E-state index contributed by atoms with van der Waals surface area (Å²) in [6, 6.07) is 5.05. The van der Waals surface area contributed by atoms with Crippen LogP contribution in [-0.2, 0) is 10.5 Å². The molecule has 2 amide bonds. The first-order valence-electron chi connectivity index (χ1n) is 6.20. The smallest absolute Gasteiger partial charge is 0.368 e. The molecule has 0 N–H and O–H groups in total. The van der Waals surface area contributed by atoms with Crippen LogP contribution in [0.2, 0.25) is 0 Å². The van der Waals surface area contributed by atoms with E-state index in [9.17, 15) is 13.2 Å². The standard InChI is InChI=1S/C13H12N4O5S/c1-21-10-6-11(15-12(7-10)22-2)17(13(18)16-23(19)20)9-4-3-5-14-8-9/h3-8H,1-2H3. The van der Waals surface area contributed by atoms with Crippen LogP contribution in [0.4, 0.5) is 16.3 Å².